The van der Waals surface area contributed by atoms with E-state index >= 15 is 0 Å². The molecule has 21 heavy (non-hydrogen) atoms. The molecular formula is C15H19ClN4S. The number of halogens is 1. The van der Waals surface area contributed by atoms with Crippen LogP contribution in [0, 0.1) is 6.92 Å². The summed E-state index contributed by atoms with van der Waals surface area (Å²) in [5, 5.41) is 5.14. The van der Waals surface area contributed by atoms with Crippen molar-refractivity contribution >= 4 is 28.9 Å². The van der Waals surface area contributed by atoms with Crippen molar-refractivity contribution in [3.8, 4) is 0 Å². The second-order valence-corrected chi connectivity index (χ2v) is 6.51. The first-order valence-electron chi connectivity index (χ1n) is 6.66. The molecule has 0 saturated carbocycles. The monoisotopic (exact) mass is 322 g/mol. The quantitative estimate of drug-likeness (QED) is 0.693. The number of aryl methyl sites for hydroxylation is 1. The molecule has 4 nitrogen and oxygen atoms in total. The molecule has 112 valence electrons. The van der Waals surface area contributed by atoms with E-state index in [-0.39, 0.29) is 0 Å². The molecule has 0 saturated heterocycles. The summed E-state index contributed by atoms with van der Waals surface area (Å²) >= 11 is 7.71. The van der Waals surface area contributed by atoms with E-state index in [2.05, 4.69) is 33.2 Å². The number of aliphatic imine (C=N–C) groups is 1. The summed E-state index contributed by atoms with van der Waals surface area (Å²) in [6.45, 7) is 3.49. The molecule has 0 atom stereocenters. The second-order valence-electron chi connectivity index (χ2n) is 4.75. The third-order valence-corrected chi connectivity index (χ3v) is 4.10. The average molecular weight is 323 g/mol. The second kappa shape index (κ2) is 7.43. The van der Waals surface area contributed by atoms with E-state index in [1.165, 1.54) is 4.88 Å². The van der Waals surface area contributed by atoms with Gasteiger partial charge in [0.2, 0.25) is 0 Å². The molecule has 0 aliphatic carbocycles. The summed E-state index contributed by atoms with van der Waals surface area (Å²) in [6, 6.07) is 7.86. The molecule has 0 aliphatic heterocycles. The van der Waals surface area contributed by atoms with Gasteiger partial charge in [-0.3, -0.25) is 4.99 Å². The Morgan fingerprint density at radius 2 is 2.29 bits per heavy atom. The molecule has 2 rings (SSSR count). The third kappa shape index (κ3) is 4.72. The normalized spacial score (nSPS) is 11.5. The zero-order valence-electron chi connectivity index (χ0n) is 12.4. The van der Waals surface area contributed by atoms with Gasteiger partial charge in [-0.15, -0.1) is 11.3 Å². The van der Waals surface area contributed by atoms with Crippen molar-refractivity contribution in [1.29, 1.82) is 0 Å². The van der Waals surface area contributed by atoms with Gasteiger partial charge in [-0.1, -0.05) is 23.7 Å². The van der Waals surface area contributed by atoms with Gasteiger partial charge in [-0.2, -0.15) is 0 Å². The van der Waals surface area contributed by atoms with Gasteiger partial charge in [0.15, 0.2) is 5.96 Å². The summed E-state index contributed by atoms with van der Waals surface area (Å²) in [5.41, 5.74) is 1.15. The van der Waals surface area contributed by atoms with Crippen molar-refractivity contribution in [2.75, 3.05) is 14.1 Å². The van der Waals surface area contributed by atoms with Crippen LogP contribution in [-0.2, 0) is 13.1 Å². The maximum absolute atomic E-state index is 6.01. The molecule has 0 fully saturated rings. The standard InChI is InChI=1S/C15H19ClN4S/c1-11-8-18-14(21-11)9-19-15(17-2)20(3)10-12-5-4-6-13(16)7-12/h4-8H,9-10H2,1-3H3,(H,17,19). The fourth-order valence-corrected chi connectivity index (χ4v) is 2.95. The maximum Gasteiger partial charge on any atom is 0.194 e. The molecule has 1 N–H and O–H groups in total. The smallest absolute Gasteiger partial charge is 0.194 e. The maximum atomic E-state index is 6.01. The van der Waals surface area contributed by atoms with Crippen LogP contribution in [0.1, 0.15) is 15.4 Å². The zero-order valence-corrected chi connectivity index (χ0v) is 14.0. The van der Waals surface area contributed by atoms with Crippen LogP contribution in [-0.4, -0.2) is 29.9 Å². The summed E-state index contributed by atoms with van der Waals surface area (Å²) in [5.74, 6) is 0.836. The number of benzene rings is 1. The lowest BCUT2D eigenvalue weighted by Gasteiger charge is -2.21. The highest BCUT2D eigenvalue weighted by Gasteiger charge is 2.08. The minimum absolute atomic E-state index is 0.686. The zero-order chi connectivity index (χ0) is 15.2. The van der Waals surface area contributed by atoms with E-state index in [0.29, 0.717) is 6.54 Å². The molecule has 0 amide bonds. The first kappa shape index (κ1) is 15.8. The topological polar surface area (TPSA) is 40.5 Å². The molecule has 0 aliphatic rings. The predicted molar refractivity (Wildman–Crippen MR) is 90.0 cm³/mol. The van der Waals surface area contributed by atoms with Crippen LogP contribution < -0.4 is 5.32 Å². The Balaban J connectivity index is 1.94. The van der Waals surface area contributed by atoms with Crippen molar-refractivity contribution in [1.82, 2.24) is 15.2 Å². The van der Waals surface area contributed by atoms with Crippen LogP contribution in [0.4, 0.5) is 0 Å². The fraction of sp³-hybridized carbons (Fsp3) is 0.333. The van der Waals surface area contributed by atoms with Gasteiger partial charge >= 0.3 is 0 Å². The number of rotatable bonds is 4. The van der Waals surface area contributed by atoms with E-state index < -0.39 is 0 Å². The minimum Gasteiger partial charge on any atom is -0.350 e. The Morgan fingerprint density at radius 1 is 1.48 bits per heavy atom. The van der Waals surface area contributed by atoms with Gasteiger partial charge in [-0.05, 0) is 24.6 Å². The van der Waals surface area contributed by atoms with Gasteiger partial charge in [0.1, 0.15) is 5.01 Å². The van der Waals surface area contributed by atoms with Crippen LogP contribution in [0.15, 0.2) is 35.5 Å². The highest BCUT2D eigenvalue weighted by atomic mass is 35.5. The Morgan fingerprint density at radius 3 is 2.90 bits per heavy atom. The first-order chi connectivity index (χ1) is 10.1. The minimum atomic E-state index is 0.686. The lowest BCUT2D eigenvalue weighted by Crippen LogP contribution is -2.38. The Kier molecular flexibility index (Phi) is 5.59. The van der Waals surface area contributed by atoms with E-state index in [1.807, 2.05) is 31.4 Å². The van der Waals surface area contributed by atoms with Crippen molar-refractivity contribution < 1.29 is 0 Å². The molecule has 0 unspecified atom stereocenters. The van der Waals surface area contributed by atoms with Gasteiger partial charge in [0.25, 0.3) is 0 Å². The number of hydrogen-bond donors (Lipinski definition) is 1. The highest BCUT2D eigenvalue weighted by Crippen LogP contribution is 2.13. The van der Waals surface area contributed by atoms with Crippen molar-refractivity contribution in [2.45, 2.75) is 20.0 Å². The van der Waals surface area contributed by atoms with E-state index in [9.17, 15) is 0 Å². The van der Waals surface area contributed by atoms with Crippen molar-refractivity contribution in [3.63, 3.8) is 0 Å². The number of nitrogens with zero attached hydrogens (tertiary/aromatic N) is 3. The highest BCUT2D eigenvalue weighted by molar-refractivity contribution is 7.11. The molecule has 6 heteroatoms. The van der Waals surface area contributed by atoms with Crippen LogP contribution in [0.5, 0.6) is 0 Å². The molecule has 0 radical (unpaired) electrons. The molecular weight excluding hydrogens is 304 g/mol. The Hall–Kier alpha value is -1.59. The third-order valence-electron chi connectivity index (χ3n) is 2.95. The number of thiazole rings is 1. The average Bonchev–Trinajstić information content (AvgIpc) is 2.85. The van der Waals surface area contributed by atoms with E-state index in [0.717, 1.165) is 28.1 Å². The van der Waals surface area contributed by atoms with Gasteiger partial charge < -0.3 is 10.2 Å². The summed E-state index contributed by atoms with van der Waals surface area (Å²) in [7, 11) is 3.78. The van der Waals surface area contributed by atoms with Crippen molar-refractivity contribution in [3.05, 3.63) is 50.9 Å². The number of nitrogens with one attached hydrogen (secondary N) is 1. The van der Waals surface area contributed by atoms with Crippen molar-refractivity contribution in [2.24, 2.45) is 4.99 Å². The largest absolute Gasteiger partial charge is 0.350 e. The number of hydrogen-bond acceptors (Lipinski definition) is 3. The van der Waals surface area contributed by atoms with Crippen LogP contribution >= 0.6 is 22.9 Å². The van der Waals surface area contributed by atoms with Gasteiger partial charge in [0.05, 0.1) is 6.54 Å². The summed E-state index contributed by atoms with van der Waals surface area (Å²) in [6.07, 6.45) is 1.89. The molecule has 1 aromatic heterocycles. The summed E-state index contributed by atoms with van der Waals surface area (Å²) in [4.78, 5) is 11.9. The van der Waals surface area contributed by atoms with Crippen LogP contribution in [0.2, 0.25) is 5.02 Å². The first-order valence-corrected chi connectivity index (χ1v) is 7.85. The predicted octanol–water partition coefficient (Wildman–Crippen LogP) is 3.31. The van der Waals surface area contributed by atoms with Crippen LogP contribution in [0.25, 0.3) is 0 Å². The summed E-state index contributed by atoms with van der Waals surface area (Å²) < 4.78 is 0. The molecule has 1 heterocycles. The van der Waals surface area contributed by atoms with Gasteiger partial charge in [0, 0.05) is 36.7 Å². The lowest BCUT2D eigenvalue weighted by molar-refractivity contribution is 0.476. The molecule has 1 aromatic carbocycles. The molecule has 0 spiro atoms. The van der Waals surface area contributed by atoms with Gasteiger partial charge in [-0.25, -0.2) is 4.98 Å². The van der Waals surface area contributed by atoms with E-state index in [4.69, 9.17) is 11.6 Å². The lowest BCUT2D eigenvalue weighted by atomic mass is 10.2. The number of guanidine groups is 1. The Labute approximate surface area is 134 Å². The fourth-order valence-electron chi connectivity index (χ4n) is 2.01. The van der Waals surface area contributed by atoms with Crippen LogP contribution in [0.3, 0.4) is 0 Å². The number of aromatic nitrogens is 1. The SMILES string of the molecule is CN=C(NCc1ncc(C)s1)N(C)Cc1cccc(Cl)c1. The molecule has 0 bridgehead atoms. The molecule has 2 aromatic rings. The van der Waals surface area contributed by atoms with E-state index in [1.54, 1.807) is 18.4 Å². The Bertz CT molecular complexity index is 624.